The SMILES string of the molecule is COc1cc2c(cc1OC)[C@H](c1ccc(OC/C=C(\C)CC/C=C(\C)CCC=C(C)C)c(OC)c1)[C@H]1C(=O)OC[C@@H]1C2. The van der Waals surface area contributed by atoms with Gasteiger partial charge in [0.05, 0.1) is 33.9 Å². The standard InChI is InChI=1S/C36H46O6/c1-23(2)10-8-11-24(3)12-9-13-25(4)16-17-41-30-15-14-26(19-31(30)38-5)34-29-21-33(40-7)32(39-6)20-27(29)18-28-22-42-36(37)35(28)34/h10,12,14-16,19-21,28,34-35H,8-9,11,13,17-18,22H2,1-7H3/b24-12+,25-16+/t28-,34-,35-/m0/s1. The van der Waals surface area contributed by atoms with Crippen molar-refractivity contribution >= 4 is 5.97 Å². The van der Waals surface area contributed by atoms with Gasteiger partial charge in [0.15, 0.2) is 23.0 Å². The van der Waals surface area contributed by atoms with Crippen molar-refractivity contribution in [2.75, 3.05) is 34.5 Å². The maximum atomic E-state index is 12.9. The summed E-state index contributed by atoms with van der Waals surface area (Å²) < 4.78 is 28.6. The molecule has 1 aliphatic heterocycles. The molecule has 4 rings (SSSR count). The van der Waals surface area contributed by atoms with Crippen molar-refractivity contribution in [2.24, 2.45) is 11.8 Å². The molecule has 2 aromatic carbocycles. The predicted molar refractivity (Wildman–Crippen MR) is 167 cm³/mol. The lowest BCUT2D eigenvalue weighted by molar-refractivity contribution is -0.141. The predicted octanol–water partition coefficient (Wildman–Crippen LogP) is 7.99. The van der Waals surface area contributed by atoms with Gasteiger partial charge in [-0.25, -0.2) is 0 Å². The van der Waals surface area contributed by atoms with Gasteiger partial charge in [-0.05, 0) is 107 Å². The molecule has 1 fully saturated rings. The van der Waals surface area contributed by atoms with E-state index in [0.29, 0.717) is 36.2 Å². The molecule has 0 bridgehead atoms. The van der Waals surface area contributed by atoms with Crippen LogP contribution < -0.4 is 18.9 Å². The van der Waals surface area contributed by atoms with Gasteiger partial charge in [-0.15, -0.1) is 0 Å². The zero-order valence-corrected chi connectivity index (χ0v) is 26.3. The van der Waals surface area contributed by atoms with Crippen LogP contribution in [-0.2, 0) is 16.0 Å². The van der Waals surface area contributed by atoms with E-state index < -0.39 is 0 Å². The molecule has 1 aliphatic carbocycles. The Kier molecular flexibility index (Phi) is 10.8. The Hall–Kier alpha value is -3.67. The Morgan fingerprint density at radius 2 is 1.48 bits per heavy atom. The fraction of sp³-hybridized carbons (Fsp3) is 0.472. The normalized spacial score (nSPS) is 19.9. The molecule has 42 heavy (non-hydrogen) atoms. The second-order valence-corrected chi connectivity index (χ2v) is 11.7. The molecule has 0 amide bonds. The number of esters is 1. The van der Waals surface area contributed by atoms with Crippen LogP contribution in [-0.4, -0.2) is 40.5 Å². The highest BCUT2D eigenvalue weighted by Crippen LogP contribution is 2.50. The topological polar surface area (TPSA) is 63.2 Å². The van der Waals surface area contributed by atoms with E-state index in [0.717, 1.165) is 48.8 Å². The van der Waals surface area contributed by atoms with Gasteiger partial charge in [0, 0.05) is 11.8 Å². The van der Waals surface area contributed by atoms with E-state index >= 15 is 0 Å². The second kappa shape index (κ2) is 14.5. The first kappa shape index (κ1) is 31.3. The number of rotatable bonds is 13. The Labute approximate surface area is 251 Å². The summed E-state index contributed by atoms with van der Waals surface area (Å²) in [4.78, 5) is 12.9. The minimum absolute atomic E-state index is 0.110. The summed E-state index contributed by atoms with van der Waals surface area (Å²) in [6, 6.07) is 10.0. The zero-order chi connectivity index (χ0) is 30.2. The van der Waals surface area contributed by atoms with Gasteiger partial charge >= 0.3 is 5.97 Å². The quantitative estimate of drug-likeness (QED) is 0.178. The average Bonchev–Trinajstić information content (AvgIpc) is 3.34. The number of ether oxygens (including phenoxy) is 5. The fourth-order valence-electron chi connectivity index (χ4n) is 6.05. The van der Waals surface area contributed by atoms with Crippen molar-refractivity contribution in [3.8, 4) is 23.0 Å². The van der Waals surface area contributed by atoms with Gasteiger partial charge in [-0.1, -0.05) is 34.9 Å². The number of carbonyl (C=O) groups is 1. The van der Waals surface area contributed by atoms with Crippen LogP contribution in [0.4, 0.5) is 0 Å². The number of carbonyl (C=O) groups excluding carboxylic acids is 1. The van der Waals surface area contributed by atoms with Crippen LogP contribution in [0.1, 0.15) is 76.0 Å². The summed E-state index contributed by atoms with van der Waals surface area (Å²) in [6.45, 7) is 9.55. The van der Waals surface area contributed by atoms with Crippen molar-refractivity contribution in [2.45, 2.75) is 65.7 Å². The van der Waals surface area contributed by atoms with Crippen molar-refractivity contribution in [3.05, 3.63) is 82.0 Å². The molecule has 2 aromatic rings. The van der Waals surface area contributed by atoms with Crippen LogP contribution in [0.25, 0.3) is 0 Å². The monoisotopic (exact) mass is 574 g/mol. The van der Waals surface area contributed by atoms with E-state index in [1.54, 1.807) is 21.3 Å². The van der Waals surface area contributed by atoms with Crippen LogP contribution in [0.3, 0.4) is 0 Å². The third-order valence-corrected chi connectivity index (χ3v) is 8.38. The van der Waals surface area contributed by atoms with Crippen molar-refractivity contribution in [3.63, 3.8) is 0 Å². The number of benzene rings is 2. The van der Waals surface area contributed by atoms with E-state index in [2.05, 4.69) is 45.9 Å². The average molecular weight is 575 g/mol. The minimum Gasteiger partial charge on any atom is -0.493 e. The number of methoxy groups -OCH3 is 3. The Morgan fingerprint density at radius 3 is 2.17 bits per heavy atom. The molecule has 226 valence electrons. The van der Waals surface area contributed by atoms with E-state index in [9.17, 15) is 4.79 Å². The van der Waals surface area contributed by atoms with Crippen LogP contribution in [0, 0.1) is 11.8 Å². The fourth-order valence-corrected chi connectivity index (χ4v) is 6.05. The smallest absolute Gasteiger partial charge is 0.310 e. The Bertz CT molecular complexity index is 1350. The third kappa shape index (κ3) is 7.39. The summed E-state index contributed by atoms with van der Waals surface area (Å²) in [6.07, 6.45) is 11.8. The Morgan fingerprint density at radius 1 is 0.833 bits per heavy atom. The number of fused-ring (bicyclic) bond motifs is 2. The molecule has 0 unspecified atom stereocenters. The molecule has 2 aliphatic rings. The van der Waals surface area contributed by atoms with Crippen molar-refractivity contribution in [1.82, 2.24) is 0 Å². The first-order chi connectivity index (χ1) is 20.2. The first-order valence-electron chi connectivity index (χ1n) is 14.9. The first-order valence-corrected chi connectivity index (χ1v) is 14.9. The van der Waals surface area contributed by atoms with Crippen LogP contribution >= 0.6 is 0 Å². The van der Waals surface area contributed by atoms with Crippen LogP contribution in [0.2, 0.25) is 0 Å². The molecular weight excluding hydrogens is 528 g/mol. The highest BCUT2D eigenvalue weighted by molar-refractivity contribution is 5.78. The number of cyclic esters (lactones) is 1. The van der Waals surface area contributed by atoms with Crippen LogP contribution in [0.5, 0.6) is 23.0 Å². The molecule has 0 saturated carbocycles. The lowest BCUT2D eigenvalue weighted by Gasteiger charge is -2.34. The van der Waals surface area contributed by atoms with Crippen molar-refractivity contribution < 1.29 is 28.5 Å². The van der Waals surface area contributed by atoms with Crippen molar-refractivity contribution in [1.29, 1.82) is 0 Å². The number of hydrogen-bond acceptors (Lipinski definition) is 6. The van der Waals surface area contributed by atoms with Gasteiger partial charge in [-0.2, -0.15) is 0 Å². The summed E-state index contributed by atoms with van der Waals surface area (Å²) in [5.74, 6) is 2.17. The molecular formula is C36H46O6. The lowest BCUT2D eigenvalue weighted by Crippen LogP contribution is -2.31. The molecule has 1 saturated heterocycles. The number of hydrogen-bond donors (Lipinski definition) is 0. The molecule has 0 aromatic heterocycles. The van der Waals surface area contributed by atoms with E-state index in [4.69, 9.17) is 23.7 Å². The van der Waals surface area contributed by atoms with E-state index in [1.165, 1.54) is 16.7 Å². The maximum absolute atomic E-state index is 12.9. The highest BCUT2D eigenvalue weighted by Gasteiger charge is 2.47. The Balaban J connectivity index is 1.48. The third-order valence-electron chi connectivity index (χ3n) is 8.38. The molecule has 6 heteroatoms. The highest BCUT2D eigenvalue weighted by atomic mass is 16.5. The molecule has 3 atom stereocenters. The van der Waals surface area contributed by atoms with Gasteiger partial charge in [0.25, 0.3) is 0 Å². The molecule has 0 radical (unpaired) electrons. The molecule has 1 heterocycles. The minimum atomic E-state index is -0.262. The van der Waals surface area contributed by atoms with Gasteiger partial charge in [0.2, 0.25) is 0 Å². The maximum Gasteiger partial charge on any atom is 0.310 e. The zero-order valence-electron chi connectivity index (χ0n) is 26.3. The second-order valence-electron chi connectivity index (χ2n) is 11.7. The molecule has 6 nitrogen and oxygen atoms in total. The summed E-state index contributed by atoms with van der Waals surface area (Å²) in [7, 11) is 4.92. The van der Waals surface area contributed by atoms with Gasteiger partial charge < -0.3 is 23.7 Å². The van der Waals surface area contributed by atoms with Crippen LogP contribution in [0.15, 0.2) is 65.3 Å². The molecule has 0 spiro atoms. The summed E-state index contributed by atoms with van der Waals surface area (Å²) in [5, 5.41) is 0. The summed E-state index contributed by atoms with van der Waals surface area (Å²) >= 11 is 0. The van der Waals surface area contributed by atoms with E-state index in [-0.39, 0.29) is 23.7 Å². The van der Waals surface area contributed by atoms with E-state index in [1.807, 2.05) is 30.3 Å². The largest absolute Gasteiger partial charge is 0.493 e. The lowest BCUT2D eigenvalue weighted by atomic mass is 9.67. The number of allylic oxidation sites excluding steroid dienone is 5. The summed E-state index contributed by atoms with van der Waals surface area (Å²) in [5.41, 5.74) is 7.31. The molecule has 0 N–H and O–H groups in total. The van der Waals surface area contributed by atoms with Gasteiger partial charge in [-0.3, -0.25) is 4.79 Å². The van der Waals surface area contributed by atoms with Gasteiger partial charge in [0.1, 0.15) is 6.61 Å².